The predicted molar refractivity (Wildman–Crippen MR) is 64.0 cm³/mol. The van der Waals surface area contributed by atoms with Crippen molar-refractivity contribution in [2.24, 2.45) is 0 Å². The fraction of sp³-hybridized carbons (Fsp3) is 0.500. The maximum atomic E-state index is 13.0. The number of rotatable bonds is 6. The van der Waals surface area contributed by atoms with E-state index in [9.17, 15) is 12.8 Å². The topological polar surface area (TPSA) is 50.3 Å². The van der Waals surface area contributed by atoms with E-state index in [0.29, 0.717) is 25.4 Å². The van der Waals surface area contributed by atoms with Gasteiger partial charge in [0, 0.05) is 25.2 Å². The van der Waals surface area contributed by atoms with Gasteiger partial charge in [0.2, 0.25) is 10.0 Å². The van der Waals surface area contributed by atoms with Crippen molar-refractivity contribution < 1.29 is 12.8 Å². The molecule has 0 fully saturated rings. The molecule has 0 unspecified atom stereocenters. The third kappa shape index (κ3) is 3.62. The Bertz CT molecular complexity index is 467. The normalized spacial score (nSPS) is 12.0. The van der Waals surface area contributed by atoms with Crippen molar-refractivity contribution >= 4 is 21.6 Å². The lowest BCUT2D eigenvalue weighted by molar-refractivity contribution is 0.427. The van der Waals surface area contributed by atoms with Crippen LogP contribution in [0.1, 0.15) is 13.3 Å². The van der Waals surface area contributed by atoms with Crippen LogP contribution in [-0.4, -0.2) is 36.7 Å². The van der Waals surface area contributed by atoms with Crippen molar-refractivity contribution in [3.63, 3.8) is 0 Å². The van der Waals surface area contributed by atoms with Crippen LogP contribution >= 0.6 is 11.6 Å². The molecule has 17 heavy (non-hydrogen) atoms. The Hall–Kier alpha value is -0.720. The van der Waals surface area contributed by atoms with Crippen LogP contribution in [-0.2, 0) is 10.0 Å². The van der Waals surface area contributed by atoms with Gasteiger partial charge in [0.05, 0.1) is 6.20 Å². The number of sulfonamides is 1. The zero-order valence-corrected chi connectivity index (χ0v) is 11.0. The van der Waals surface area contributed by atoms with Crippen LogP contribution in [0.4, 0.5) is 4.39 Å². The average molecular weight is 281 g/mol. The molecular formula is C10H14ClFN2O2S. The second kappa shape index (κ2) is 6.28. The van der Waals surface area contributed by atoms with Crippen LogP contribution in [0, 0.1) is 5.82 Å². The van der Waals surface area contributed by atoms with Crippen molar-refractivity contribution in [1.29, 1.82) is 0 Å². The van der Waals surface area contributed by atoms with Gasteiger partial charge in [-0.3, -0.25) is 4.98 Å². The van der Waals surface area contributed by atoms with Gasteiger partial charge in [0.25, 0.3) is 0 Å². The summed E-state index contributed by atoms with van der Waals surface area (Å²) >= 11 is 5.53. The van der Waals surface area contributed by atoms with Gasteiger partial charge >= 0.3 is 0 Å². The highest BCUT2D eigenvalue weighted by Gasteiger charge is 2.23. The number of aromatic nitrogens is 1. The van der Waals surface area contributed by atoms with Gasteiger partial charge in [-0.25, -0.2) is 12.8 Å². The van der Waals surface area contributed by atoms with E-state index >= 15 is 0 Å². The lowest BCUT2D eigenvalue weighted by Crippen LogP contribution is -2.32. The Morgan fingerprint density at radius 3 is 2.71 bits per heavy atom. The van der Waals surface area contributed by atoms with Crippen molar-refractivity contribution in [3.05, 3.63) is 24.3 Å². The molecule has 0 saturated carbocycles. The van der Waals surface area contributed by atoms with Crippen molar-refractivity contribution in [2.75, 3.05) is 19.0 Å². The van der Waals surface area contributed by atoms with Gasteiger partial charge in [-0.15, -0.1) is 11.6 Å². The third-order valence-electron chi connectivity index (χ3n) is 2.21. The first kappa shape index (κ1) is 14.3. The van der Waals surface area contributed by atoms with E-state index in [-0.39, 0.29) is 4.90 Å². The van der Waals surface area contributed by atoms with Gasteiger partial charge in [0.1, 0.15) is 10.7 Å². The molecule has 0 aliphatic carbocycles. The lowest BCUT2D eigenvalue weighted by Gasteiger charge is -2.19. The quantitative estimate of drug-likeness (QED) is 0.748. The molecule has 0 atom stereocenters. The molecule has 1 heterocycles. The predicted octanol–water partition coefficient (Wildman–Crippen LogP) is 1.86. The summed E-state index contributed by atoms with van der Waals surface area (Å²) in [6.45, 7) is 2.35. The summed E-state index contributed by atoms with van der Waals surface area (Å²) in [5.41, 5.74) is 0. The van der Waals surface area contributed by atoms with E-state index in [0.717, 1.165) is 18.5 Å². The third-order valence-corrected chi connectivity index (χ3v) is 4.42. The molecule has 0 aromatic carbocycles. The van der Waals surface area contributed by atoms with E-state index in [4.69, 9.17) is 11.6 Å². The minimum Gasteiger partial charge on any atom is -0.260 e. The summed E-state index contributed by atoms with van der Waals surface area (Å²) in [4.78, 5) is 3.41. The van der Waals surface area contributed by atoms with Crippen LogP contribution in [0.2, 0.25) is 0 Å². The number of nitrogens with zero attached hydrogens (tertiary/aromatic N) is 2. The molecule has 1 rings (SSSR count). The number of alkyl halides is 1. The van der Waals surface area contributed by atoms with Crippen LogP contribution < -0.4 is 0 Å². The summed E-state index contributed by atoms with van der Waals surface area (Å²) in [6, 6.07) is 0.964. The molecular weight excluding hydrogens is 267 g/mol. The molecule has 96 valence electrons. The highest BCUT2D eigenvalue weighted by atomic mass is 35.5. The van der Waals surface area contributed by atoms with E-state index in [1.807, 2.05) is 0 Å². The number of hydrogen-bond acceptors (Lipinski definition) is 3. The Morgan fingerprint density at radius 2 is 2.18 bits per heavy atom. The van der Waals surface area contributed by atoms with Gasteiger partial charge in [0.15, 0.2) is 0 Å². The lowest BCUT2D eigenvalue weighted by atomic mass is 10.5. The first-order valence-corrected chi connectivity index (χ1v) is 7.16. The summed E-state index contributed by atoms with van der Waals surface area (Å²) in [7, 11) is -3.67. The molecule has 1 aromatic heterocycles. The van der Waals surface area contributed by atoms with Crippen LogP contribution in [0.25, 0.3) is 0 Å². The zero-order valence-electron chi connectivity index (χ0n) is 9.44. The summed E-state index contributed by atoms with van der Waals surface area (Å²) in [5, 5.41) is 0. The smallest absolute Gasteiger partial charge is 0.244 e. The number of hydrogen-bond donors (Lipinski definition) is 0. The monoisotopic (exact) mass is 280 g/mol. The number of halogens is 2. The van der Waals surface area contributed by atoms with Crippen molar-refractivity contribution in [1.82, 2.24) is 9.29 Å². The Balaban J connectivity index is 3.00. The Labute approximate surface area is 105 Å². The standard InChI is InChI=1S/C10H14ClFN2O2S/c1-2-14(5-3-4-11)17(15,16)10-6-9(12)7-13-8-10/h6-8H,2-5H2,1H3. The summed E-state index contributed by atoms with van der Waals surface area (Å²) in [5.74, 6) is -0.285. The SMILES string of the molecule is CCN(CCCCl)S(=O)(=O)c1cncc(F)c1. The van der Waals surface area contributed by atoms with Crippen LogP contribution in [0.5, 0.6) is 0 Å². The second-order valence-corrected chi connectivity index (χ2v) is 5.69. The van der Waals surface area contributed by atoms with Crippen molar-refractivity contribution in [3.8, 4) is 0 Å². The first-order chi connectivity index (χ1) is 8.02. The van der Waals surface area contributed by atoms with Crippen LogP contribution in [0.3, 0.4) is 0 Å². The van der Waals surface area contributed by atoms with Gasteiger partial charge in [-0.2, -0.15) is 4.31 Å². The fourth-order valence-electron chi connectivity index (χ4n) is 1.37. The minimum atomic E-state index is -3.67. The molecule has 1 aromatic rings. The highest BCUT2D eigenvalue weighted by molar-refractivity contribution is 7.89. The molecule has 0 radical (unpaired) electrons. The highest BCUT2D eigenvalue weighted by Crippen LogP contribution is 2.15. The molecule has 0 aliphatic rings. The molecule has 0 saturated heterocycles. The number of pyridine rings is 1. The Kier molecular flexibility index (Phi) is 5.30. The van der Waals surface area contributed by atoms with E-state index in [2.05, 4.69) is 4.98 Å². The van der Waals surface area contributed by atoms with E-state index in [1.165, 1.54) is 4.31 Å². The molecule has 0 amide bonds. The van der Waals surface area contributed by atoms with Crippen LogP contribution in [0.15, 0.2) is 23.4 Å². The maximum absolute atomic E-state index is 13.0. The molecule has 7 heteroatoms. The minimum absolute atomic E-state index is 0.131. The van der Waals surface area contributed by atoms with Gasteiger partial charge in [-0.1, -0.05) is 6.92 Å². The molecule has 0 aliphatic heterocycles. The zero-order chi connectivity index (χ0) is 12.9. The molecule has 4 nitrogen and oxygen atoms in total. The second-order valence-electron chi connectivity index (χ2n) is 3.38. The maximum Gasteiger partial charge on any atom is 0.244 e. The van der Waals surface area contributed by atoms with E-state index < -0.39 is 15.8 Å². The fourth-order valence-corrected chi connectivity index (χ4v) is 2.95. The van der Waals surface area contributed by atoms with Gasteiger partial charge in [-0.05, 0) is 12.5 Å². The van der Waals surface area contributed by atoms with Crippen molar-refractivity contribution in [2.45, 2.75) is 18.2 Å². The first-order valence-electron chi connectivity index (χ1n) is 5.19. The Morgan fingerprint density at radius 1 is 1.47 bits per heavy atom. The molecule has 0 spiro atoms. The molecule has 0 bridgehead atoms. The summed E-state index contributed by atoms with van der Waals surface area (Å²) in [6.07, 6.45) is 2.66. The molecule has 0 N–H and O–H groups in total. The van der Waals surface area contributed by atoms with E-state index in [1.54, 1.807) is 6.92 Å². The van der Waals surface area contributed by atoms with Gasteiger partial charge < -0.3 is 0 Å². The largest absolute Gasteiger partial charge is 0.260 e. The average Bonchev–Trinajstić information content (AvgIpc) is 2.30. The summed E-state index contributed by atoms with van der Waals surface area (Å²) < 4.78 is 38.4.